The van der Waals surface area contributed by atoms with Gasteiger partial charge in [-0.2, -0.15) is 19.6 Å². The van der Waals surface area contributed by atoms with E-state index < -0.39 is 11.6 Å². The smallest absolute Gasteiger partial charge is 0.234 e. The van der Waals surface area contributed by atoms with Crippen LogP contribution >= 0.6 is 11.6 Å². The van der Waals surface area contributed by atoms with Gasteiger partial charge >= 0.3 is 0 Å². The van der Waals surface area contributed by atoms with Crippen molar-refractivity contribution in [3.8, 4) is 5.75 Å². The molecule has 3 aromatic rings. The third-order valence-corrected chi connectivity index (χ3v) is 8.09. The first-order chi connectivity index (χ1) is 18.1. The molecule has 0 atom stereocenters. The van der Waals surface area contributed by atoms with Gasteiger partial charge in [0.05, 0.1) is 23.8 Å². The van der Waals surface area contributed by atoms with Crippen molar-refractivity contribution in [1.29, 1.82) is 0 Å². The minimum absolute atomic E-state index is 0.384. The summed E-state index contributed by atoms with van der Waals surface area (Å²) in [5, 5.41) is 10.1. The van der Waals surface area contributed by atoms with Crippen molar-refractivity contribution in [3.63, 3.8) is 0 Å². The molecule has 8 nitrogen and oxygen atoms in total. The molecule has 0 radical (unpaired) electrons. The van der Waals surface area contributed by atoms with E-state index in [9.17, 15) is 0 Å². The largest absolute Gasteiger partial charge is 0.497 e. The highest BCUT2D eigenvalue weighted by molar-refractivity contribution is 6.31. The summed E-state index contributed by atoms with van der Waals surface area (Å²) < 4.78 is 5.47. The molecule has 3 aliphatic rings. The van der Waals surface area contributed by atoms with Gasteiger partial charge in [-0.3, -0.25) is 0 Å². The van der Waals surface area contributed by atoms with Gasteiger partial charge in [0.2, 0.25) is 11.6 Å². The van der Waals surface area contributed by atoms with E-state index in [-0.39, 0.29) is 0 Å². The minimum Gasteiger partial charge on any atom is -0.497 e. The molecule has 6 rings (SSSR count). The molecule has 198 valence electrons. The quantitative estimate of drug-likeness (QED) is 0.221. The van der Waals surface area contributed by atoms with Crippen LogP contribution < -0.4 is 15.4 Å². The predicted molar refractivity (Wildman–Crippen MR) is 142 cm³/mol. The first kappa shape index (κ1) is 25.1. The van der Waals surface area contributed by atoms with Crippen LogP contribution in [0.15, 0.2) is 36.4 Å². The van der Waals surface area contributed by atoms with E-state index in [1.54, 1.807) is 7.11 Å². The van der Waals surface area contributed by atoms with Crippen LogP contribution in [0.1, 0.15) is 57.8 Å². The highest BCUT2D eigenvalue weighted by atomic mass is 35.5. The number of ether oxygens (including phenoxy) is 1. The molecule has 0 unspecified atom stereocenters. The van der Waals surface area contributed by atoms with Crippen LogP contribution in [0.3, 0.4) is 0 Å². The van der Waals surface area contributed by atoms with E-state index in [0.29, 0.717) is 11.1 Å². The van der Waals surface area contributed by atoms with Gasteiger partial charge < -0.3 is 15.4 Å². The van der Waals surface area contributed by atoms with Crippen molar-refractivity contribution in [2.45, 2.75) is 75.4 Å². The average molecular weight is 528 g/mol. The summed E-state index contributed by atoms with van der Waals surface area (Å²) in [6, 6.07) is 12.1. The maximum absolute atomic E-state index is 6.25. The minimum atomic E-state index is -0.783. The Bertz CT molecular complexity index is 1250. The van der Waals surface area contributed by atoms with Crippen LogP contribution in [0.2, 0.25) is 5.02 Å². The summed E-state index contributed by atoms with van der Waals surface area (Å²) in [4.78, 5) is 28.0. The average Bonchev–Trinajstić information content (AvgIpc) is 2.93. The van der Waals surface area contributed by atoms with Gasteiger partial charge in [-0.25, -0.2) is 4.98 Å². The van der Waals surface area contributed by atoms with Crippen molar-refractivity contribution in [2.24, 2.45) is 0 Å². The third-order valence-electron chi connectivity index (χ3n) is 7.86. The number of pyridine rings is 1. The normalized spacial score (nSPS) is 21.6. The molecule has 2 aromatic carbocycles. The van der Waals surface area contributed by atoms with Crippen molar-refractivity contribution < 1.29 is 24.3 Å². The SMILES string of the molecule is COc1ccc2nc3cc(Cl)ccc3c(NCCNC3CCC4(CC3)OOC3(CCCCC3)OO4)c2c1. The van der Waals surface area contributed by atoms with Gasteiger partial charge in [0.15, 0.2) is 0 Å². The highest BCUT2D eigenvalue weighted by Crippen LogP contribution is 2.44. The zero-order valence-corrected chi connectivity index (χ0v) is 21.9. The van der Waals surface area contributed by atoms with Gasteiger partial charge in [0, 0.05) is 60.6 Å². The molecule has 0 amide bonds. The Morgan fingerprint density at radius 2 is 1.59 bits per heavy atom. The lowest BCUT2D eigenvalue weighted by Crippen LogP contribution is -2.54. The Morgan fingerprint density at radius 3 is 2.32 bits per heavy atom. The van der Waals surface area contributed by atoms with Crippen LogP contribution in [0.4, 0.5) is 5.69 Å². The van der Waals surface area contributed by atoms with Gasteiger partial charge in [-0.15, -0.1) is 0 Å². The van der Waals surface area contributed by atoms with Gasteiger partial charge in [-0.1, -0.05) is 18.0 Å². The molecule has 2 spiro atoms. The molecule has 37 heavy (non-hydrogen) atoms. The fraction of sp³-hybridized carbons (Fsp3) is 0.536. The van der Waals surface area contributed by atoms with E-state index in [0.717, 1.165) is 97.7 Å². The number of methoxy groups -OCH3 is 1. The summed E-state index contributed by atoms with van der Waals surface area (Å²) in [5.41, 5.74) is 2.80. The number of hydrogen-bond donors (Lipinski definition) is 2. The fourth-order valence-corrected chi connectivity index (χ4v) is 5.86. The molecule has 0 bridgehead atoms. The van der Waals surface area contributed by atoms with E-state index in [1.807, 2.05) is 36.4 Å². The molecule has 3 fully saturated rings. The summed E-state index contributed by atoms with van der Waals surface area (Å²) in [6.45, 7) is 1.58. The number of anilines is 1. The Labute approximate surface area is 221 Å². The maximum Gasteiger partial charge on any atom is 0.234 e. The number of hydrogen-bond acceptors (Lipinski definition) is 8. The fourth-order valence-electron chi connectivity index (χ4n) is 5.69. The zero-order chi connectivity index (χ0) is 25.3. The summed E-state index contributed by atoms with van der Waals surface area (Å²) in [5.74, 6) is -0.690. The van der Waals surface area contributed by atoms with Gasteiger partial charge in [0.25, 0.3) is 0 Å². The second-order valence-corrected chi connectivity index (χ2v) is 10.8. The molecular weight excluding hydrogens is 494 g/mol. The van der Waals surface area contributed by atoms with Crippen molar-refractivity contribution in [2.75, 3.05) is 25.5 Å². The van der Waals surface area contributed by atoms with Crippen LogP contribution in [0.5, 0.6) is 5.75 Å². The second-order valence-electron chi connectivity index (χ2n) is 10.4. The molecular formula is C28H34ClN3O5. The molecule has 9 heteroatoms. The predicted octanol–water partition coefficient (Wildman–Crippen LogP) is 6.26. The third kappa shape index (κ3) is 5.24. The lowest BCUT2D eigenvalue weighted by molar-refractivity contribution is -0.662. The van der Waals surface area contributed by atoms with Crippen molar-refractivity contribution in [1.82, 2.24) is 10.3 Å². The number of nitrogens with one attached hydrogen (secondary N) is 2. The molecule has 2 aliphatic carbocycles. The summed E-state index contributed by atoms with van der Waals surface area (Å²) in [6.07, 6.45) is 8.32. The number of rotatable bonds is 6. The molecule has 1 aromatic heterocycles. The topological polar surface area (TPSA) is 83.1 Å². The number of fused-ring (bicyclic) bond motifs is 2. The highest BCUT2D eigenvalue weighted by Gasteiger charge is 2.50. The standard InChI is InChI=1S/C28H34ClN3O5/c1-33-21-6-8-24-23(18-21)26(22-7-5-19(29)17-25(22)32-24)31-16-15-30-20-9-13-28(14-10-20)36-34-27(35-37-28)11-3-2-4-12-27/h5-8,17-18,20,30H,2-4,9-16H2,1H3,(H,31,32). The zero-order valence-electron chi connectivity index (χ0n) is 21.2. The van der Waals surface area contributed by atoms with E-state index in [1.165, 1.54) is 6.42 Å². The summed E-state index contributed by atoms with van der Waals surface area (Å²) >= 11 is 6.25. The van der Waals surface area contributed by atoms with Crippen LogP contribution in [0, 0.1) is 0 Å². The van der Waals surface area contributed by atoms with E-state index in [4.69, 9.17) is 40.9 Å². The molecule has 2 N–H and O–H groups in total. The van der Waals surface area contributed by atoms with E-state index in [2.05, 4.69) is 10.6 Å². The Hall–Kier alpha value is -2.20. The Kier molecular flexibility index (Phi) is 7.13. The Morgan fingerprint density at radius 1 is 0.865 bits per heavy atom. The maximum atomic E-state index is 6.25. The first-order valence-corrected chi connectivity index (χ1v) is 13.7. The lowest BCUT2D eigenvalue weighted by Gasteiger charge is -2.46. The molecule has 2 saturated carbocycles. The van der Waals surface area contributed by atoms with Crippen molar-refractivity contribution >= 4 is 39.1 Å². The van der Waals surface area contributed by atoms with Gasteiger partial charge in [-0.05, 0) is 62.1 Å². The van der Waals surface area contributed by atoms with E-state index >= 15 is 0 Å². The van der Waals surface area contributed by atoms with Crippen LogP contribution in [-0.2, 0) is 19.6 Å². The monoisotopic (exact) mass is 527 g/mol. The summed E-state index contributed by atoms with van der Waals surface area (Å²) in [7, 11) is 1.68. The number of aromatic nitrogens is 1. The molecule has 2 heterocycles. The van der Waals surface area contributed by atoms with Crippen LogP contribution in [0.25, 0.3) is 21.8 Å². The first-order valence-electron chi connectivity index (χ1n) is 13.4. The van der Waals surface area contributed by atoms with Crippen LogP contribution in [-0.4, -0.2) is 42.8 Å². The van der Waals surface area contributed by atoms with Gasteiger partial charge in [0.1, 0.15) is 5.75 Å². The number of nitrogens with zero attached hydrogens (tertiary/aromatic N) is 1. The number of benzene rings is 2. The molecule has 1 aliphatic heterocycles. The van der Waals surface area contributed by atoms with Crippen molar-refractivity contribution in [3.05, 3.63) is 41.4 Å². The lowest BCUT2D eigenvalue weighted by atomic mass is 9.90. The molecule has 1 saturated heterocycles. The second kappa shape index (κ2) is 10.5. The number of halogens is 1. The Balaban J connectivity index is 1.05.